The summed E-state index contributed by atoms with van der Waals surface area (Å²) in [7, 11) is 2.82. The standard InChI is InChI=1S/C29H19F3O7/c1-35-21-12-18(13-22(14-21)36-2)28(34)38-20-9-10-23-24(15-20)39-27(29(30,31)32)26(25(23)33)37-19-8-7-16-5-3-4-6-17(16)11-19/h3-15H,1-2H3. The SMILES string of the molecule is COc1cc(OC)cc(C(=O)Oc2ccc3c(=O)c(Oc4ccc5ccccc5c4)c(C(F)(F)F)oc3c2)c1. The van der Waals surface area contributed by atoms with Crippen molar-refractivity contribution in [3.63, 3.8) is 0 Å². The second kappa shape index (κ2) is 10.1. The molecule has 0 N–H and O–H groups in total. The first-order valence-corrected chi connectivity index (χ1v) is 11.5. The largest absolute Gasteiger partial charge is 0.497 e. The van der Waals surface area contributed by atoms with Gasteiger partial charge in [0.2, 0.25) is 11.2 Å². The maximum Gasteiger partial charge on any atom is 0.453 e. The van der Waals surface area contributed by atoms with E-state index >= 15 is 0 Å². The Balaban J connectivity index is 1.52. The number of hydrogen-bond donors (Lipinski definition) is 0. The molecule has 0 radical (unpaired) electrons. The monoisotopic (exact) mass is 536 g/mol. The molecule has 1 aromatic heterocycles. The molecule has 7 nitrogen and oxygen atoms in total. The van der Waals surface area contributed by atoms with Gasteiger partial charge in [-0.3, -0.25) is 4.79 Å². The molecule has 0 aliphatic carbocycles. The van der Waals surface area contributed by atoms with Crippen molar-refractivity contribution in [2.75, 3.05) is 14.2 Å². The van der Waals surface area contributed by atoms with Crippen LogP contribution in [0.25, 0.3) is 21.7 Å². The lowest BCUT2D eigenvalue weighted by atomic mass is 10.1. The molecule has 5 rings (SSSR count). The van der Waals surface area contributed by atoms with Crippen molar-refractivity contribution in [2.24, 2.45) is 0 Å². The van der Waals surface area contributed by atoms with Crippen molar-refractivity contribution in [1.29, 1.82) is 0 Å². The number of hydrogen-bond acceptors (Lipinski definition) is 7. The number of methoxy groups -OCH3 is 2. The van der Waals surface area contributed by atoms with Crippen LogP contribution in [0.4, 0.5) is 13.2 Å². The zero-order valence-corrected chi connectivity index (χ0v) is 20.5. The summed E-state index contributed by atoms with van der Waals surface area (Å²) in [6.45, 7) is 0. The predicted octanol–water partition coefficient (Wildman–Crippen LogP) is 6.99. The maximum absolute atomic E-state index is 14.0. The summed E-state index contributed by atoms with van der Waals surface area (Å²) in [5.74, 6) is -2.90. The lowest BCUT2D eigenvalue weighted by Crippen LogP contribution is -2.15. The summed E-state index contributed by atoms with van der Waals surface area (Å²) >= 11 is 0. The van der Waals surface area contributed by atoms with Gasteiger partial charge in [0.1, 0.15) is 28.6 Å². The average Bonchev–Trinajstić information content (AvgIpc) is 2.93. The Morgan fingerprint density at radius 2 is 1.44 bits per heavy atom. The molecule has 1 heterocycles. The molecule has 0 bridgehead atoms. The number of carbonyl (C=O) groups is 1. The predicted molar refractivity (Wildman–Crippen MR) is 136 cm³/mol. The number of esters is 1. The molecule has 198 valence electrons. The van der Waals surface area contributed by atoms with Gasteiger partial charge in [-0.15, -0.1) is 0 Å². The van der Waals surface area contributed by atoms with Gasteiger partial charge in [-0.25, -0.2) is 4.79 Å². The molecule has 0 saturated carbocycles. The number of fused-ring (bicyclic) bond motifs is 2. The van der Waals surface area contributed by atoms with Crippen molar-refractivity contribution in [3.05, 3.63) is 100 Å². The van der Waals surface area contributed by atoms with Crippen molar-refractivity contribution in [3.8, 4) is 28.7 Å². The van der Waals surface area contributed by atoms with Gasteiger partial charge in [-0.2, -0.15) is 13.2 Å². The van der Waals surface area contributed by atoms with Crippen LogP contribution in [0.15, 0.2) is 88.1 Å². The summed E-state index contributed by atoms with van der Waals surface area (Å²) in [6.07, 6.45) is -5.05. The van der Waals surface area contributed by atoms with E-state index in [1.54, 1.807) is 24.3 Å². The molecule has 0 amide bonds. The summed E-state index contributed by atoms with van der Waals surface area (Å²) in [4.78, 5) is 25.8. The van der Waals surface area contributed by atoms with Gasteiger partial charge in [-0.1, -0.05) is 30.3 Å². The number of alkyl halides is 3. The lowest BCUT2D eigenvalue weighted by molar-refractivity contribution is -0.154. The summed E-state index contributed by atoms with van der Waals surface area (Å²) in [5, 5.41) is 1.37. The Hall–Kier alpha value is -4.99. The van der Waals surface area contributed by atoms with E-state index in [0.717, 1.165) is 11.5 Å². The van der Waals surface area contributed by atoms with Gasteiger partial charge in [0.15, 0.2) is 0 Å². The smallest absolute Gasteiger partial charge is 0.453 e. The van der Waals surface area contributed by atoms with Crippen LogP contribution in [0.2, 0.25) is 0 Å². The van der Waals surface area contributed by atoms with Crippen molar-refractivity contribution >= 4 is 27.7 Å². The Kier molecular flexibility index (Phi) is 6.61. The molecular formula is C29H19F3O7. The summed E-state index contributed by atoms with van der Waals surface area (Å²) < 4.78 is 68.0. The maximum atomic E-state index is 14.0. The van der Waals surface area contributed by atoms with Gasteiger partial charge in [0, 0.05) is 12.1 Å². The fourth-order valence-corrected chi connectivity index (χ4v) is 3.94. The second-order valence-electron chi connectivity index (χ2n) is 8.35. The van der Waals surface area contributed by atoms with E-state index in [9.17, 15) is 22.8 Å². The van der Waals surface area contributed by atoms with E-state index in [1.165, 1.54) is 50.6 Å². The fourth-order valence-electron chi connectivity index (χ4n) is 3.94. The number of carbonyl (C=O) groups excluding carboxylic acids is 1. The zero-order valence-electron chi connectivity index (χ0n) is 20.5. The number of benzene rings is 4. The van der Waals surface area contributed by atoms with E-state index in [-0.39, 0.29) is 22.4 Å². The van der Waals surface area contributed by atoms with Crippen molar-refractivity contribution in [2.45, 2.75) is 6.18 Å². The van der Waals surface area contributed by atoms with E-state index in [2.05, 4.69) is 0 Å². The third-order valence-corrected chi connectivity index (χ3v) is 5.82. The molecule has 4 aromatic carbocycles. The quantitative estimate of drug-likeness (QED) is 0.171. The minimum absolute atomic E-state index is 0.0325. The molecule has 39 heavy (non-hydrogen) atoms. The van der Waals surface area contributed by atoms with E-state index in [0.29, 0.717) is 16.9 Å². The summed E-state index contributed by atoms with van der Waals surface area (Å²) in [5.41, 5.74) is -1.40. The molecule has 0 aliphatic rings. The Morgan fingerprint density at radius 1 is 0.769 bits per heavy atom. The zero-order chi connectivity index (χ0) is 27.7. The molecule has 0 saturated heterocycles. The first-order valence-electron chi connectivity index (χ1n) is 11.5. The molecule has 0 atom stereocenters. The fraction of sp³-hybridized carbons (Fsp3) is 0.103. The van der Waals surface area contributed by atoms with E-state index in [4.69, 9.17) is 23.4 Å². The minimum atomic E-state index is -5.05. The number of rotatable bonds is 6. The highest BCUT2D eigenvalue weighted by Gasteiger charge is 2.40. The van der Waals surface area contributed by atoms with Crippen LogP contribution >= 0.6 is 0 Å². The molecule has 0 unspecified atom stereocenters. The minimum Gasteiger partial charge on any atom is -0.497 e. The van der Waals surface area contributed by atoms with Crippen LogP contribution in [0, 0.1) is 0 Å². The van der Waals surface area contributed by atoms with Gasteiger partial charge in [0.25, 0.3) is 5.76 Å². The van der Waals surface area contributed by atoms with Crippen LogP contribution in [0.1, 0.15) is 16.1 Å². The molecule has 10 heteroatoms. The Bertz CT molecular complexity index is 1750. The van der Waals surface area contributed by atoms with Crippen LogP contribution < -0.4 is 24.4 Å². The first-order chi connectivity index (χ1) is 18.7. The number of ether oxygens (including phenoxy) is 4. The van der Waals surface area contributed by atoms with Gasteiger partial charge in [-0.05, 0) is 47.2 Å². The molecule has 0 spiro atoms. The highest BCUT2D eigenvalue weighted by molar-refractivity contribution is 5.92. The third-order valence-electron chi connectivity index (χ3n) is 5.82. The van der Waals surface area contributed by atoms with E-state index in [1.807, 2.05) is 12.1 Å². The third kappa shape index (κ3) is 5.22. The van der Waals surface area contributed by atoms with Crippen LogP contribution in [0.3, 0.4) is 0 Å². The molecule has 0 aliphatic heterocycles. The normalized spacial score (nSPS) is 11.4. The van der Waals surface area contributed by atoms with Gasteiger partial charge >= 0.3 is 12.1 Å². The Labute approximate surface area is 218 Å². The van der Waals surface area contributed by atoms with Gasteiger partial charge < -0.3 is 23.4 Å². The lowest BCUT2D eigenvalue weighted by Gasteiger charge is -2.14. The first kappa shape index (κ1) is 25.7. The number of halogens is 3. The highest BCUT2D eigenvalue weighted by Crippen LogP contribution is 2.39. The van der Waals surface area contributed by atoms with Crippen LogP contribution in [-0.4, -0.2) is 20.2 Å². The molecular weight excluding hydrogens is 517 g/mol. The molecule has 5 aromatic rings. The second-order valence-corrected chi connectivity index (χ2v) is 8.35. The van der Waals surface area contributed by atoms with Crippen LogP contribution in [-0.2, 0) is 6.18 Å². The van der Waals surface area contributed by atoms with Crippen molar-refractivity contribution in [1.82, 2.24) is 0 Å². The average molecular weight is 536 g/mol. The van der Waals surface area contributed by atoms with E-state index < -0.39 is 34.7 Å². The van der Waals surface area contributed by atoms with Gasteiger partial charge in [0.05, 0.1) is 25.2 Å². The molecule has 0 fully saturated rings. The van der Waals surface area contributed by atoms with Crippen molar-refractivity contribution < 1.29 is 41.3 Å². The topological polar surface area (TPSA) is 84.2 Å². The van der Waals surface area contributed by atoms with Crippen LogP contribution in [0.5, 0.6) is 28.7 Å². The Morgan fingerprint density at radius 3 is 2.10 bits per heavy atom. The summed E-state index contributed by atoms with van der Waals surface area (Å²) in [6, 6.07) is 19.7. The highest BCUT2D eigenvalue weighted by atomic mass is 19.4.